The van der Waals surface area contributed by atoms with Crippen LogP contribution in [0.3, 0.4) is 0 Å². The maximum Gasteiger partial charge on any atom is 0.573 e. The highest BCUT2D eigenvalue weighted by molar-refractivity contribution is 8.19. The lowest BCUT2D eigenvalue weighted by atomic mass is 10.1. The summed E-state index contributed by atoms with van der Waals surface area (Å²) in [5, 5.41) is 17.1. The third kappa shape index (κ3) is 4.93. The summed E-state index contributed by atoms with van der Waals surface area (Å²) in [6.45, 7) is 0. The number of nitrogens with one attached hydrogen (secondary N) is 1. The zero-order chi connectivity index (χ0) is 23.8. The van der Waals surface area contributed by atoms with Crippen molar-refractivity contribution in [2.24, 2.45) is 0 Å². The number of benzene rings is 2. The number of amidine groups is 1. The van der Waals surface area contributed by atoms with E-state index in [1.807, 2.05) is 0 Å². The first-order chi connectivity index (χ1) is 15.6. The van der Waals surface area contributed by atoms with Crippen molar-refractivity contribution in [1.29, 1.82) is 5.41 Å². The van der Waals surface area contributed by atoms with Crippen LogP contribution in [0.1, 0.15) is 16.1 Å². The van der Waals surface area contributed by atoms with E-state index < -0.39 is 24.0 Å². The molecule has 1 aliphatic heterocycles. The molecule has 1 saturated heterocycles. The number of carboxylic acid groups (broad SMARTS) is 1. The lowest BCUT2D eigenvalue weighted by molar-refractivity contribution is -0.274. The molecule has 1 amide bonds. The van der Waals surface area contributed by atoms with Gasteiger partial charge < -0.3 is 14.3 Å². The number of rotatable bonds is 5. The van der Waals surface area contributed by atoms with Crippen LogP contribution in [-0.4, -0.2) is 28.5 Å². The standard InChI is InChI=1S/C22H13F3N2O5S/c23-22(24,25)32-15-6-4-14(5-7-15)27-19(28)18(33-21(27)26)11-16-8-9-17(31-16)12-2-1-3-13(10-12)20(29)30/h1-11,26H,(H,29,30). The third-order valence-electron chi connectivity index (χ3n) is 4.45. The van der Waals surface area contributed by atoms with E-state index in [0.717, 1.165) is 28.8 Å². The minimum atomic E-state index is -4.83. The second-order valence-corrected chi connectivity index (χ2v) is 7.72. The average molecular weight is 474 g/mol. The van der Waals surface area contributed by atoms with Gasteiger partial charge in [0.1, 0.15) is 17.3 Å². The zero-order valence-electron chi connectivity index (χ0n) is 16.4. The van der Waals surface area contributed by atoms with Gasteiger partial charge in [0, 0.05) is 11.6 Å². The van der Waals surface area contributed by atoms with Crippen molar-refractivity contribution in [3.63, 3.8) is 0 Å². The Bertz CT molecular complexity index is 1280. The SMILES string of the molecule is N=C1SC(=Cc2ccc(-c3cccc(C(=O)O)c3)o2)C(=O)N1c1ccc(OC(F)(F)F)cc1. The molecular weight excluding hydrogens is 461 g/mol. The van der Waals surface area contributed by atoms with Gasteiger partial charge in [0.25, 0.3) is 5.91 Å². The van der Waals surface area contributed by atoms with Crippen molar-refractivity contribution in [2.45, 2.75) is 6.36 Å². The van der Waals surface area contributed by atoms with Gasteiger partial charge in [-0.2, -0.15) is 0 Å². The van der Waals surface area contributed by atoms with Crippen LogP contribution < -0.4 is 9.64 Å². The van der Waals surface area contributed by atoms with Gasteiger partial charge in [0.15, 0.2) is 5.17 Å². The van der Waals surface area contributed by atoms with E-state index in [1.54, 1.807) is 24.3 Å². The Kier molecular flexibility index (Phi) is 5.73. The molecule has 33 heavy (non-hydrogen) atoms. The van der Waals surface area contributed by atoms with Crippen LogP contribution in [0.25, 0.3) is 17.4 Å². The average Bonchev–Trinajstić information content (AvgIpc) is 3.32. The van der Waals surface area contributed by atoms with Crippen LogP contribution >= 0.6 is 11.8 Å². The molecular formula is C22H13F3N2O5S. The predicted octanol–water partition coefficient (Wildman–Crippen LogP) is 5.60. The molecule has 0 aliphatic carbocycles. The van der Waals surface area contributed by atoms with E-state index in [1.165, 1.54) is 30.3 Å². The number of aromatic carboxylic acids is 1. The molecule has 7 nitrogen and oxygen atoms in total. The van der Waals surface area contributed by atoms with Gasteiger partial charge in [0.2, 0.25) is 0 Å². The number of anilines is 1. The van der Waals surface area contributed by atoms with Gasteiger partial charge in [-0.3, -0.25) is 15.1 Å². The number of hydrogen-bond acceptors (Lipinski definition) is 6. The fourth-order valence-electron chi connectivity index (χ4n) is 3.04. The fraction of sp³-hybridized carbons (Fsp3) is 0.0455. The molecule has 0 radical (unpaired) electrons. The van der Waals surface area contributed by atoms with Crippen LogP contribution in [0, 0.1) is 5.41 Å². The van der Waals surface area contributed by atoms with Crippen molar-refractivity contribution >= 4 is 40.6 Å². The maximum absolute atomic E-state index is 12.8. The number of furan rings is 1. The molecule has 1 aromatic heterocycles. The number of carbonyl (C=O) groups is 2. The minimum Gasteiger partial charge on any atom is -0.478 e. The molecule has 0 spiro atoms. The van der Waals surface area contributed by atoms with Gasteiger partial charge in [-0.15, -0.1) is 13.2 Å². The molecule has 2 heterocycles. The van der Waals surface area contributed by atoms with E-state index in [4.69, 9.17) is 14.9 Å². The zero-order valence-corrected chi connectivity index (χ0v) is 17.2. The topological polar surface area (TPSA) is 104 Å². The van der Waals surface area contributed by atoms with Crippen LogP contribution in [0.15, 0.2) is 70.0 Å². The lowest BCUT2D eigenvalue weighted by Crippen LogP contribution is -2.28. The van der Waals surface area contributed by atoms with E-state index in [9.17, 15) is 22.8 Å². The number of nitrogens with zero attached hydrogens (tertiary/aromatic N) is 1. The highest BCUT2D eigenvalue weighted by atomic mass is 32.2. The van der Waals surface area contributed by atoms with Crippen molar-refractivity contribution < 1.29 is 37.0 Å². The number of alkyl halides is 3. The molecule has 1 aliphatic rings. The number of amides is 1. The number of hydrogen-bond donors (Lipinski definition) is 2. The number of thioether (sulfide) groups is 1. The summed E-state index contributed by atoms with van der Waals surface area (Å²) in [7, 11) is 0. The van der Waals surface area contributed by atoms with Gasteiger partial charge in [0.05, 0.1) is 16.2 Å². The third-order valence-corrected chi connectivity index (χ3v) is 5.33. The summed E-state index contributed by atoms with van der Waals surface area (Å²) in [5.41, 5.74) is 0.850. The molecule has 0 saturated carbocycles. The molecule has 4 rings (SSSR count). The monoisotopic (exact) mass is 474 g/mol. The fourth-order valence-corrected chi connectivity index (χ4v) is 3.88. The van der Waals surface area contributed by atoms with E-state index in [-0.39, 0.29) is 21.3 Å². The Hall–Kier alpha value is -3.99. The first-order valence-electron chi connectivity index (χ1n) is 9.23. The van der Waals surface area contributed by atoms with Crippen LogP contribution in [0.2, 0.25) is 0 Å². The van der Waals surface area contributed by atoms with Gasteiger partial charge in [-0.1, -0.05) is 12.1 Å². The number of carboxylic acids is 1. The van der Waals surface area contributed by atoms with Crippen molar-refractivity contribution in [1.82, 2.24) is 0 Å². The molecule has 0 atom stereocenters. The van der Waals surface area contributed by atoms with Crippen LogP contribution in [-0.2, 0) is 4.79 Å². The van der Waals surface area contributed by atoms with Gasteiger partial charge in [-0.05, 0) is 60.3 Å². The summed E-state index contributed by atoms with van der Waals surface area (Å²) in [6.07, 6.45) is -3.40. The van der Waals surface area contributed by atoms with Crippen molar-refractivity contribution in [3.05, 3.63) is 76.9 Å². The molecule has 0 unspecified atom stereocenters. The Morgan fingerprint density at radius 3 is 2.52 bits per heavy atom. The summed E-state index contributed by atoms with van der Waals surface area (Å²) in [5.74, 6) is -1.35. The summed E-state index contributed by atoms with van der Waals surface area (Å²) in [4.78, 5) is 25.2. The minimum absolute atomic E-state index is 0.0982. The molecule has 2 N–H and O–H groups in total. The van der Waals surface area contributed by atoms with Crippen LogP contribution in [0.4, 0.5) is 18.9 Å². The quantitative estimate of drug-likeness (QED) is 0.467. The molecule has 3 aromatic rings. The second kappa shape index (κ2) is 8.51. The molecule has 2 aromatic carbocycles. The summed E-state index contributed by atoms with van der Waals surface area (Å²) < 4.78 is 46.5. The first kappa shape index (κ1) is 22.2. The Labute approximate surface area is 188 Å². The van der Waals surface area contributed by atoms with Crippen LogP contribution in [0.5, 0.6) is 5.75 Å². The Balaban J connectivity index is 1.54. The number of carbonyl (C=O) groups excluding carboxylic acids is 1. The molecule has 0 bridgehead atoms. The van der Waals surface area contributed by atoms with Crippen molar-refractivity contribution in [3.8, 4) is 17.1 Å². The smallest absolute Gasteiger partial charge is 0.478 e. The molecule has 168 valence electrons. The van der Waals surface area contributed by atoms with E-state index in [0.29, 0.717) is 17.1 Å². The predicted molar refractivity (Wildman–Crippen MR) is 115 cm³/mol. The van der Waals surface area contributed by atoms with Crippen molar-refractivity contribution in [2.75, 3.05) is 4.90 Å². The highest BCUT2D eigenvalue weighted by Gasteiger charge is 2.34. The first-order valence-corrected chi connectivity index (χ1v) is 10.0. The largest absolute Gasteiger partial charge is 0.573 e. The van der Waals surface area contributed by atoms with E-state index >= 15 is 0 Å². The molecule has 11 heteroatoms. The Morgan fingerprint density at radius 1 is 1.12 bits per heavy atom. The Morgan fingerprint density at radius 2 is 1.85 bits per heavy atom. The normalized spacial score (nSPS) is 15.4. The highest BCUT2D eigenvalue weighted by Crippen LogP contribution is 2.37. The maximum atomic E-state index is 12.8. The summed E-state index contributed by atoms with van der Waals surface area (Å²) >= 11 is 0.869. The summed E-state index contributed by atoms with van der Waals surface area (Å²) in [6, 6.07) is 14.0. The lowest BCUT2D eigenvalue weighted by Gasteiger charge is -2.15. The second-order valence-electron chi connectivity index (χ2n) is 6.69. The van der Waals surface area contributed by atoms with Gasteiger partial charge in [-0.25, -0.2) is 4.79 Å². The molecule has 1 fully saturated rings. The van der Waals surface area contributed by atoms with E-state index in [2.05, 4.69) is 4.74 Å². The van der Waals surface area contributed by atoms with Gasteiger partial charge >= 0.3 is 12.3 Å². The number of halogens is 3. The number of ether oxygens (including phenoxy) is 1.